The molecular weight excluding hydrogens is 781 g/mol. The second-order valence-corrected chi connectivity index (χ2v) is 20.1. The molecule has 0 bridgehead atoms. The van der Waals surface area contributed by atoms with Gasteiger partial charge in [-0.3, -0.25) is 14.4 Å². The highest BCUT2D eigenvalue weighted by Gasteiger charge is 2.19. The number of unbranched alkanes of at least 4 members (excludes halogenated alkanes) is 39. The van der Waals surface area contributed by atoms with Crippen molar-refractivity contribution in [2.45, 2.75) is 329 Å². The third kappa shape index (κ3) is 51.3. The standard InChI is InChI=1S/C57H110O6/c1-5-7-9-11-13-15-17-24-29-33-37-41-45-49-56(59)62-52-54(51-61-55(58)48-44-40-36-32-27-16-14-12-10-8-6-2)63-57(60)50-46-42-38-34-30-26-23-21-19-18-20-22-25-28-31-35-39-43-47-53(3)4/h53-54H,5-52H2,1-4H3/t54-/m0/s1. The zero-order chi connectivity index (χ0) is 45.9. The van der Waals surface area contributed by atoms with Crippen molar-refractivity contribution in [2.24, 2.45) is 5.92 Å². The molecule has 0 fully saturated rings. The number of carbonyl (C=O) groups is 3. The van der Waals surface area contributed by atoms with E-state index in [0.717, 1.165) is 63.7 Å². The van der Waals surface area contributed by atoms with Crippen molar-refractivity contribution in [3.8, 4) is 0 Å². The molecule has 0 N–H and O–H groups in total. The minimum atomic E-state index is -0.761. The molecule has 0 aromatic rings. The number of esters is 3. The van der Waals surface area contributed by atoms with E-state index in [2.05, 4.69) is 27.7 Å². The van der Waals surface area contributed by atoms with Crippen LogP contribution in [0.4, 0.5) is 0 Å². The van der Waals surface area contributed by atoms with Crippen LogP contribution in [0.2, 0.25) is 0 Å². The number of hydrogen-bond donors (Lipinski definition) is 0. The Hall–Kier alpha value is -1.59. The van der Waals surface area contributed by atoms with Gasteiger partial charge in [-0.25, -0.2) is 0 Å². The van der Waals surface area contributed by atoms with E-state index in [1.165, 1.54) is 218 Å². The number of carbonyl (C=O) groups excluding carboxylic acids is 3. The minimum absolute atomic E-state index is 0.0620. The average molecular weight is 892 g/mol. The summed E-state index contributed by atoms with van der Waals surface area (Å²) >= 11 is 0. The maximum atomic E-state index is 12.8. The third-order valence-corrected chi connectivity index (χ3v) is 13.0. The lowest BCUT2D eigenvalue weighted by Gasteiger charge is -2.18. The van der Waals surface area contributed by atoms with E-state index >= 15 is 0 Å². The zero-order valence-electron chi connectivity index (χ0n) is 43.0. The summed E-state index contributed by atoms with van der Waals surface area (Å²) in [7, 11) is 0. The molecule has 0 heterocycles. The quantitative estimate of drug-likeness (QED) is 0.0344. The second-order valence-electron chi connectivity index (χ2n) is 20.1. The van der Waals surface area contributed by atoms with Crippen LogP contribution in [0, 0.1) is 5.92 Å². The van der Waals surface area contributed by atoms with Gasteiger partial charge in [0.05, 0.1) is 0 Å². The molecular formula is C57H110O6. The van der Waals surface area contributed by atoms with Crippen LogP contribution in [0.1, 0.15) is 323 Å². The van der Waals surface area contributed by atoms with E-state index in [-0.39, 0.29) is 31.1 Å². The van der Waals surface area contributed by atoms with Crippen LogP contribution < -0.4 is 0 Å². The van der Waals surface area contributed by atoms with Crippen LogP contribution in [0.3, 0.4) is 0 Å². The second kappa shape index (κ2) is 51.4. The van der Waals surface area contributed by atoms with Crippen LogP contribution in [0.15, 0.2) is 0 Å². The van der Waals surface area contributed by atoms with Gasteiger partial charge < -0.3 is 14.2 Å². The zero-order valence-corrected chi connectivity index (χ0v) is 43.0. The van der Waals surface area contributed by atoms with Crippen molar-refractivity contribution in [1.29, 1.82) is 0 Å². The Balaban J connectivity index is 4.23. The van der Waals surface area contributed by atoms with E-state index in [1.807, 2.05) is 0 Å². The Kier molecular flexibility index (Phi) is 50.1. The fourth-order valence-electron chi connectivity index (χ4n) is 8.75. The van der Waals surface area contributed by atoms with E-state index in [4.69, 9.17) is 14.2 Å². The highest BCUT2D eigenvalue weighted by molar-refractivity contribution is 5.71. The van der Waals surface area contributed by atoms with E-state index < -0.39 is 6.10 Å². The Morgan fingerprint density at radius 1 is 0.302 bits per heavy atom. The van der Waals surface area contributed by atoms with E-state index in [0.29, 0.717) is 19.3 Å². The van der Waals surface area contributed by atoms with Crippen molar-refractivity contribution < 1.29 is 28.6 Å². The molecule has 6 nitrogen and oxygen atoms in total. The Morgan fingerprint density at radius 2 is 0.524 bits per heavy atom. The smallest absolute Gasteiger partial charge is 0.306 e. The Bertz CT molecular complexity index is 949. The third-order valence-electron chi connectivity index (χ3n) is 13.0. The summed E-state index contributed by atoms with van der Waals surface area (Å²) < 4.78 is 16.8. The van der Waals surface area contributed by atoms with Crippen molar-refractivity contribution in [2.75, 3.05) is 13.2 Å². The lowest BCUT2D eigenvalue weighted by Crippen LogP contribution is -2.30. The minimum Gasteiger partial charge on any atom is -0.462 e. The van der Waals surface area contributed by atoms with Crippen molar-refractivity contribution in [3.63, 3.8) is 0 Å². The van der Waals surface area contributed by atoms with Gasteiger partial charge in [-0.2, -0.15) is 0 Å². The van der Waals surface area contributed by atoms with Gasteiger partial charge in [-0.15, -0.1) is 0 Å². The van der Waals surface area contributed by atoms with E-state index in [1.54, 1.807) is 0 Å². The molecule has 374 valence electrons. The molecule has 0 saturated heterocycles. The van der Waals surface area contributed by atoms with Gasteiger partial charge in [0.2, 0.25) is 0 Å². The normalized spacial score (nSPS) is 12.0. The van der Waals surface area contributed by atoms with Gasteiger partial charge in [0, 0.05) is 19.3 Å². The lowest BCUT2D eigenvalue weighted by atomic mass is 10.0. The van der Waals surface area contributed by atoms with Crippen LogP contribution in [0.5, 0.6) is 0 Å². The monoisotopic (exact) mass is 891 g/mol. The number of hydrogen-bond acceptors (Lipinski definition) is 6. The largest absolute Gasteiger partial charge is 0.462 e. The summed E-state index contributed by atoms with van der Waals surface area (Å²) in [5, 5.41) is 0. The predicted octanol–water partition coefficient (Wildman–Crippen LogP) is 18.6. The predicted molar refractivity (Wildman–Crippen MR) is 270 cm³/mol. The molecule has 0 rings (SSSR count). The maximum Gasteiger partial charge on any atom is 0.306 e. The van der Waals surface area contributed by atoms with Gasteiger partial charge in [0.25, 0.3) is 0 Å². The molecule has 0 radical (unpaired) electrons. The first-order valence-electron chi connectivity index (χ1n) is 28.4. The summed E-state index contributed by atoms with van der Waals surface area (Å²) in [6.07, 6.45) is 55.2. The van der Waals surface area contributed by atoms with Crippen LogP contribution in [0.25, 0.3) is 0 Å². The van der Waals surface area contributed by atoms with Crippen LogP contribution in [-0.2, 0) is 28.6 Å². The van der Waals surface area contributed by atoms with Gasteiger partial charge in [-0.05, 0) is 25.2 Å². The summed E-state index contributed by atoms with van der Waals surface area (Å²) in [6.45, 7) is 9.06. The highest BCUT2D eigenvalue weighted by Crippen LogP contribution is 2.18. The van der Waals surface area contributed by atoms with Crippen LogP contribution in [-0.4, -0.2) is 37.2 Å². The Morgan fingerprint density at radius 3 is 0.778 bits per heavy atom. The van der Waals surface area contributed by atoms with Crippen molar-refractivity contribution in [3.05, 3.63) is 0 Å². The molecule has 6 heteroatoms. The lowest BCUT2D eigenvalue weighted by molar-refractivity contribution is -0.167. The summed E-state index contributed by atoms with van der Waals surface area (Å²) in [4.78, 5) is 38.0. The fourth-order valence-corrected chi connectivity index (χ4v) is 8.75. The first-order valence-corrected chi connectivity index (χ1v) is 28.4. The van der Waals surface area contributed by atoms with Crippen molar-refractivity contribution in [1.82, 2.24) is 0 Å². The average Bonchev–Trinajstić information content (AvgIpc) is 3.27. The molecule has 0 aromatic heterocycles. The van der Waals surface area contributed by atoms with Gasteiger partial charge >= 0.3 is 17.9 Å². The van der Waals surface area contributed by atoms with Gasteiger partial charge in [-0.1, -0.05) is 285 Å². The molecule has 0 unspecified atom stereocenters. The Labute approximate surface area is 393 Å². The first-order chi connectivity index (χ1) is 30.9. The molecule has 0 spiro atoms. The van der Waals surface area contributed by atoms with Gasteiger partial charge in [0.1, 0.15) is 13.2 Å². The summed E-state index contributed by atoms with van der Waals surface area (Å²) in [6, 6.07) is 0. The highest BCUT2D eigenvalue weighted by atomic mass is 16.6. The molecule has 0 aromatic carbocycles. The first kappa shape index (κ1) is 61.4. The van der Waals surface area contributed by atoms with Gasteiger partial charge in [0.15, 0.2) is 6.10 Å². The number of rotatable bonds is 52. The molecule has 0 saturated carbocycles. The molecule has 1 atom stereocenters. The topological polar surface area (TPSA) is 78.9 Å². The molecule has 63 heavy (non-hydrogen) atoms. The molecule has 0 aliphatic heterocycles. The SMILES string of the molecule is CCCCCCCCCCCCCCCC(=O)OC[C@H](COC(=O)CCCCCCCCCCCCC)OC(=O)CCCCCCCCCCCCCCCCCCCCC(C)C. The number of ether oxygens (including phenoxy) is 3. The fraction of sp³-hybridized carbons (Fsp3) is 0.947. The molecule has 0 aliphatic carbocycles. The maximum absolute atomic E-state index is 12.8. The molecule has 0 aliphatic rings. The summed E-state index contributed by atoms with van der Waals surface area (Å²) in [5.74, 6) is 0.0203. The van der Waals surface area contributed by atoms with E-state index in [9.17, 15) is 14.4 Å². The summed E-state index contributed by atoms with van der Waals surface area (Å²) in [5.41, 5.74) is 0. The molecule has 0 amide bonds. The van der Waals surface area contributed by atoms with Crippen LogP contribution >= 0.6 is 0 Å². The van der Waals surface area contributed by atoms with Crippen molar-refractivity contribution >= 4 is 17.9 Å².